The SMILES string of the molecule is O=C(N1OC2C=CC1CC2)C(F)(F)F. The minimum absolute atomic E-state index is 0.383. The number of nitrogens with zero attached hydrogens (tertiary/aromatic N) is 1. The molecule has 2 unspecified atom stereocenters. The molecule has 0 aromatic heterocycles. The van der Waals surface area contributed by atoms with E-state index >= 15 is 0 Å². The smallest absolute Gasteiger partial charge is 0.263 e. The predicted octanol–water partition coefficient (Wildman–Crippen LogP) is 1.41. The van der Waals surface area contributed by atoms with Gasteiger partial charge >= 0.3 is 12.1 Å². The van der Waals surface area contributed by atoms with Crippen LogP contribution in [0.2, 0.25) is 0 Å². The van der Waals surface area contributed by atoms with Crippen LogP contribution in [-0.4, -0.2) is 29.3 Å². The van der Waals surface area contributed by atoms with E-state index in [1.165, 1.54) is 0 Å². The van der Waals surface area contributed by atoms with Crippen molar-refractivity contribution < 1.29 is 22.8 Å². The van der Waals surface area contributed by atoms with E-state index in [1.807, 2.05) is 0 Å². The molecule has 0 aromatic rings. The van der Waals surface area contributed by atoms with Gasteiger partial charge in [0.2, 0.25) is 0 Å². The summed E-state index contributed by atoms with van der Waals surface area (Å²) in [6.45, 7) is 0. The largest absolute Gasteiger partial charge is 0.473 e. The summed E-state index contributed by atoms with van der Waals surface area (Å²) in [5, 5.41) is 0.439. The summed E-state index contributed by atoms with van der Waals surface area (Å²) >= 11 is 0. The van der Waals surface area contributed by atoms with Gasteiger partial charge in [-0.2, -0.15) is 13.2 Å². The van der Waals surface area contributed by atoms with Crippen LogP contribution in [0.4, 0.5) is 13.2 Å². The van der Waals surface area contributed by atoms with Gasteiger partial charge in [-0.3, -0.25) is 9.63 Å². The molecule has 3 rings (SSSR count). The highest BCUT2D eigenvalue weighted by atomic mass is 19.4. The second-order valence-electron chi connectivity index (χ2n) is 3.30. The Hall–Kier alpha value is -1.04. The van der Waals surface area contributed by atoms with Crippen LogP contribution in [0.3, 0.4) is 0 Å². The first-order chi connectivity index (χ1) is 6.48. The van der Waals surface area contributed by atoms with E-state index in [0.717, 1.165) is 0 Å². The van der Waals surface area contributed by atoms with Gasteiger partial charge in [0.05, 0.1) is 6.04 Å². The number of halogens is 3. The van der Waals surface area contributed by atoms with Crippen LogP contribution in [-0.2, 0) is 9.63 Å². The summed E-state index contributed by atoms with van der Waals surface area (Å²) in [6, 6.07) is -0.561. The first-order valence-corrected chi connectivity index (χ1v) is 4.24. The quantitative estimate of drug-likeness (QED) is 0.562. The van der Waals surface area contributed by atoms with Crippen molar-refractivity contribution in [3.63, 3.8) is 0 Å². The molecule has 1 aliphatic carbocycles. The van der Waals surface area contributed by atoms with Crippen molar-refractivity contribution in [3.8, 4) is 0 Å². The van der Waals surface area contributed by atoms with E-state index in [4.69, 9.17) is 4.84 Å². The maximum Gasteiger partial charge on any atom is 0.473 e. The zero-order valence-corrected chi connectivity index (χ0v) is 7.12. The monoisotopic (exact) mass is 207 g/mol. The summed E-state index contributed by atoms with van der Waals surface area (Å²) in [4.78, 5) is 15.7. The molecule has 3 aliphatic rings. The van der Waals surface area contributed by atoms with E-state index < -0.39 is 18.1 Å². The molecule has 2 atom stereocenters. The van der Waals surface area contributed by atoms with Crippen molar-refractivity contribution in [1.29, 1.82) is 0 Å². The van der Waals surface area contributed by atoms with Crippen LogP contribution in [0.25, 0.3) is 0 Å². The number of alkyl halides is 3. The van der Waals surface area contributed by atoms with Gasteiger partial charge in [-0.05, 0) is 12.8 Å². The van der Waals surface area contributed by atoms with Crippen LogP contribution < -0.4 is 0 Å². The third-order valence-corrected chi connectivity index (χ3v) is 2.29. The fourth-order valence-corrected chi connectivity index (χ4v) is 1.61. The normalized spacial score (nSPS) is 30.9. The predicted molar refractivity (Wildman–Crippen MR) is 39.9 cm³/mol. The fourth-order valence-electron chi connectivity index (χ4n) is 1.61. The van der Waals surface area contributed by atoms with Gasteiger partial charge in [-0.25, -0.2) is 5.06 Å². The molecule has 0 spiro atoms. The van der Waals surface area contributed by atoms with Gasteiger partial charge in [0.25, 0.3) is 0 Å². The highest BCUT2D eigenvalue weighted by molar-refractivity contribution is 5.81. The Morgan fingerprint density at radius 3 is 2.43 bits per heavy atom. The molecule has 14 heavy (non-hydrogen) atoms. The Labute approximate surface area is 78.1 Å². The van der Waals surface area contributed by atoms with Crippen LogP contribution >= 0.6 is 0 Å². The molecular formula is C8H8F3NO2. The highest BCUT2D eigenvalue weighted by Gasteiger charge is 2.48. The van der Waals surface area contributed by atoms with Gasteiger partial charge in [-0.15, -0.1) is 0 Å². The lowest BCUT2D eigenvalue weighted by Crippen LogP contribution is -2.52. The number of hydroxylamine groups is 2. The molecule has 0 N–H and O–H groups in total. The molecule has 2 bridgehead atoms. The Morgan fingerprint density at radius 2 is 2.07 bits per heavy atom. The molecule has 0 saturated carbocycles. The number of rotatable bonds is 0. The molecule has 1 saturated heterocycles. The summed E-state index contributed by atoms with van der Waals surface area (Å²) < 4.78 is 36.2. The number of carbonyl (C=O) groups is 1. The summed E-state index contributed by atoms with van der Waals surface area (Å²) in [7, 11) is 0. The molecule has 1 fully saturated rings. The van der Waals surface area contributed by atoms with E-state index in [0.29, 0.717) is 17.9 Å². The van der Waals surface area contributed by atoms with E-state index in [-0.39, 0.29) is 6.10 Å². The second kappa shape index (κ2) is 2.98. The van der Waals surface area contributed by atoms with Crippen molar-refractivity contribution in [2.45, 2.75) is 31.2 Å². The molecule has 2 aliphatic heterocycles. The average Bonchev–Trinajstić information content (AvgIpc) is 2.17. The number of fused-ring (bicyclic) bond motifs is 2. The minimum Gasteiger partial charge on any atom is -0.263 e. The van der Waals surface area contributed by atoms with E-state index in [2.05, 4.69) is 0 Å². The van der Waals surface area contributed by atoms with Crippen LogP contribution in [0.15, 0.2) is 12.2 Å². The lowest BCUT2D eigenvalue weighted by Gasteiger charge is -2.40. The average molecular weight is 207 g/mol. The van der Waals surface area contributed by atoms with Gasteiger partial charge < -0.3 is 0 Å². The maximum atomic E-state index is 12.1. The Kier molecular flexibility index (Phi) is 2.02. The van der Waals surface area contributed by atoms with Gasteiger partial charge in [0.15, 0.2) is 0 Å². The highest BCUT2D eigenvalue weighted by Crippen LogP contribution is 2.31. The molecule has 3 nitrogen and oxygen atoms in total. The molecule has 0 aromatic carbocycles. The Morgan fingerprint density at radius 1 is 1.36 bits per heavy atom. The summed E-state index contributed by atoms with van der Waals surface area (Å²) in [6.07, 6.45) is -0.765. The van der Waals surface area contributed by atoms with Crippen LogP contribution in [0.5, 0.6) is 0 Å². The standard InChI is InChI=1S/C8H8F3NO2/c9-8(10,11)7(13)12-5-1-3-6(14-12)4-2-5/h1,3,5-6H,2,4H2. The zero-order valence-electron chi connectivity index (χ0n) is 7.12. The third-order valence-electron chi connectivity index (χ3n) is 2.29. The molecule has 6 heteroatoms. The van der Waals surface area contributed by atoms with Gasteiger partial charge in [0.1, 0.15) is 6.10 Å². The minimum atomic E-state index is -4.86. The van der Waals surface area contributed by atoms with Crippen LogP contribution in [0.1, 0.15) is 12.8 Å². The zero-order chi connectivity index (χ0) is 10.3. The molecule has 78 valence electrons. The fraction of sp³-hybridized carbons (Fsp3) is 0.625. The van der Waals surface area contributed by atoms with Crippen molar-refractivity contribution in [2.24, 2.45) is 0 Å². The number of hydrogen-bond donors (Lipinski definition) is 0. The van der Waals surface area contributed by atoms with E-state index in [9.17, 15) is 18.0 Å². The molecule has 2 heterocycles. The Bertz CT molecular complexity index is 287. The van der Waals surface area contributed by atoms with Crippen molar-refractivity contribution in [1.82, 2.24) is 5.06 Å². The van der Waals surface area contributed by atoms with Crippen molar-refractivity contribution >= 4 is 5.91 Å². The lowest BCUT2D eigenvalue weighted by atomic mass is 9.98. The van der Waals surface area contributed by atoms with Crippen molar-refractivity contribution in [3.05, 3.63) is 12.2 Å². The molecule has 1 amide bonds. The van der Waals surface area contributed by atoms with E-state index in [1.54, 1.807) is 12.2 Å². The third kappa shape index (κ3) is 1.50. The summed E-state index contributed by atoms with van der Waals surface area (Å²) in [5.41, 5.74) is 0. The summed E-state index contributed by atoms with van der Waals surface area (Å²) in [5.74, 6) is -1.92. The first-order valence-electron chi connectivity index (χ1n) is 4.24. The van der Waals surface area contributed by atoms with Crippen molar-refractivity contribution in [2.75, 3.05) is 0 Å². The lowest BCUT2D eigenvalue weighted by molar-refractivity contribution is -0.260. The first kappa shape index (κ1) is 9.51. The number of hydrogen-bond acceptors (Lipinski definition) is 2. The maximum absolute atomic E-state index is 12.1. The van der Waals surface area contributed by atoms with Crippen LogP contribution in [0, 0.1) is 0 Å². The topological polar surface area (TPSA) is 29.5 Å². The van der Waals surface area contributed by atoms with Gasteiger partial charge in [-0.1, -0.05) is 12.2 Å². The second-order valence-corrected chi connectivity index (χ2v) is 3.30. The Balaban J connectivity index is 2.14. The molecule has 0 radical (unpaired) electrons. The molecular weight excluding hydrogens is 199 g/mol. The van der Waals surface area contributed by atoms with Gasteiger partial charge in [0, 0.05) is 0 Å². The number of amides is 1. The number of carbonyl (C=O) groups excluding carboxylic acids is 1.